The second kappa shape index (κ2) is 9.38. The molecule has 2 heterocycles. The number of aliphatic hydroxyl groups is 2. The van der Waals surface area contributed by atoms with Crippen molar-refractivity contribution in [2.45, 2.75) is 31.5 Å². The van der Waals surface area contributed by atoms with Gasteiger partial charge in [0.05, 0.1) is 11.7 Å². The Labute approximate surface area is 174 Å². The highest BCUT2D eigenvalue weighted by Crippen LogP contribution is 2.35. The molecule has 2 aromatic heterocycles. The first kappa shape index (κ1) is 20.5. The Kier molecular flexibility index (Phi) is 6.42. The summed E-state index contributed by atoms with van der Waals surface area (Å²) in [6.45, 7) is 0.534. The van der Waals surface area contributed by atoms with Crippen LogP contribution >= 0.6 is 0 Å². The van der Waals surface area contributed by atoms with Crippen LogP contribution in [0.4, 0.5) is 4.39 Å². The molecule has 0 spiro atoms. The van der Waals surface area contributed by atoms with E-state index >= 15 is 0 Å². The van der Waals surface area contributed by atoms with E-state index in [2.05, 4.69) is 20.3 Å². The summed E-state index contributed by atoms with van der Waals surface area (Å²) in [6, 6.07) is 12.1. The fourth-order valence-corrected chi connectivity index (χ4v) is 4.25. The third-order valence-corrected chi connectivity index (χ3v) is 5.83. The molecule has 0 unspecified atom stereocenters. The molecule has 4 atom stereocenters. The van der Waals surface area contributed by atoms with Gasteiger partial charge in [0.2, 0.25) is 0 Å². The fraction of sp³-hybridized carbons (Fsp3) is 0.348. The summed E-state index contributed by atoms with van der Waals surface area (Å²) in [6.07, 6.45) is 5.69. The average molecular weight is 408 g/mol. The lowest BCUT2D eigenvalue weighted by Gasteiger charge is -2.25. The van der Waals surface area contributed by atoms with E-state index in [-0.39, 0.29) is 30.3 Å². The third kappa shape index (κ3) is 4.53. The molecule has 0 amide bonds. The summed E-state index contributed by atoms with van der Waals surface area (Å²) in [5.41, 5.74) is 2.17. The van der Waals surface area contributed by atoms with E-state index < -0.39 is 6.10 Å². The lowest BCUT2D eigenvalue weighted by atomic mass is 9.88. The first-order valence-electron chi connectivity index (χ1n) is 10.1. The lowest BCUT2D eigenvalue weighted by Crippen LogP contribution is -2.36. The number of nitrogens with one attached hydrogen (secondary N) is 1. The molecule has 156 valence electrons. The number of benzene rings is 1. The van der Waals surface area contributed by atoms with Gasteiger partial charge in [-0.15, -0.1) is 0 Å². The lowest BCUT2D eigenvalue weighted by molar-refractivity contribution is 0.0716. The summed E-state index contributed by atoms with van der Waals surface area (Å²) in [5, 5.41) is 23.9. The van der Waals surface area contributed by atoms with Gasteiger partial charge in [0.25, 0.3) is 0 Å². The minimum absolute atomic E-state index is 0.00922. The first-order valence-corrected chi connectivity index (χ1v) is 10.1. The van der Waals surface area contributed by atoms with Crippen LogP contribution in [-0.2, 0) is 13.0 Å². The largest absolute Gasteiger partial charge is 0.396 e. The maximum absolute atomic E-state index is 14.1. The van der Waals surface area contributed by atoms with Gasteiger partial charge < -0.3 is 15.5 Å². The van der Waals surface area contributed by atoms with Crippen LogP contribution in [-0.4, -0.2) is 43.9 Å². The predicted octanol–water partition coefficient (Wildman–Crippen LogP) is 2.37. The molecule has 1 saturated carbocycles. The Hall–Kier alpha value is -2.74. The van der Waals surface area contributed by atoms with Gasteiger partial charge in [0.15, 0.2) is 5.82 Å². The highest BCUT2D eigenvalue weighted by molar-refractivity contribution is 5.55. The number of pyridine rings is 1. The number of aliphatic hydroxyl groups excluding tert-OH is 2. The predicted molar refractivity (Wildman–Crippen MR) is 111 cm³/mol. The smallest absolute Gasteiger partial charge is 0.162 e. The molecular weight excluding hydrogens is 383 g/mol. The standard InChI is InChI=1S/C23H25FN4O2/c24-20-6-2-1-5-17(20)23-26-9-7-16(28-23)10-18-19(14-29)22(30)11-21(18)27-13-15-4-3-8-25-12-15/h1-9,12,18-19,21-22,27,29-30H,10-11,13-14H2/t18-,19-,21-,22-/m1/s1. The molecule has 3 aromatic rings. The molecule has 1 aliphatic carbocycles. The highest BCUT2D eigenvalue weighted by atomic mass is 19.1. The molecule has 4 rings (SSSR count). The van der Waals surface area contributed by atoms with Gasteiger partial charge in [-0.25, -0.2) is 14.4 Å². The van der Waals surface area contributed by atoms with Crippen molar-refractivity contribution in [3.63, 3.8) is 0 Å². The maximum Gasteiger partial charge on any atom is 0.162 e. The van der Waals surface area contributed by atoms with Gasteiger partial charge in [-0.3, -0.25) is 4.98 Å². The van der Waals surface area contributed by atoms with Crippen LogP contribution in [0.25, 0.3) is 11.4 Å². The van der Waals surface area contributed by atoms with Crippen molar-refractivity contribution in [1.82, 2.24) is 20.3 Å². The van der Waals surface area contributed by atoms with Crippen LogP contribution in [0.3, 0.4) is 0 Å². The van der Waals surface area contributed by atoms with Crippen LogP contribution in [0.15, 0.2) is 61.1 Å². The van der Waals surface area contributed by atoms with E-state index in [1.807, 2.05) is 24.4 Å². The average Bonchev–Trinajstić information content (AvgIpc) is 3.07. The first-order chi connectivity index (χ1) is 14.7. The van der Waals surface area contributed by atoms with Crippen molar-refractivity contribution < 1.29 is 14.6 Å². The van der Waals surface area contributed by atoms with E-state index in [9.17, 15) is 14.6 Å². The molecule has 1 fully saturated rings. The molecule has 3 N–H and O–H groups in total. The maximum atomic E-state index is 14.1. The SMILES string of the molecule is OC[C@@H]1[C@@H](Cc2ccnc(-c3ccccc3F)n2)[C@H](NCc2cccnc2)C[C@H]1O. The van der Waals surface area contributed by atoms with Gasteiger partial charge in [0.1, 0.15) is 5.82 Å². The highest BCUT2D eigenvalue weighted by Gasteiger charge is 2.42. The number of hydrogen-bond acceptors (Lipinski definition) is 6. The summed E-state index contributed by atoms with van der Waals surface area (Å²) in [4.78, 5) is 12.9. The van der Waals surface area contributed by atoms with Crippen molar-refractivity contribution >= 4 is 0 Å². The van der Waals surface area contributed by atoms with Gasteiger partial charge in [-0.2, -0.15) is 0 Å². The van der Waals surface area contributed by atoms with Crippen LogP contribution in [0.2, 0.25) is 0 Å². The molecule has 0 saturated heterocycles. The number of halogens is 1. The Morgan fingerprint density at radius 2 is 1.93 bits per heavy atom. The third-order valence-electron chi connectivity index (χ3n) is 5.83. The molecule has 6 nitrogen and oxygen atoms in total. The van der Waals surface area contributed by atoms with Gasteiger partial charge in [-0.1, -0.05) is 18.2 Å². The van der Waals surface area contributed by atoms with Gasteiger partial charge in [0, 0.05) is 49.4 Å². The van der Waals surface area contributed by atoms with E-state index in [0.717, 1.165) is 11.3 Å². The number of aromatic nitrogens is 3. The summed E-state index contributed by atoms with van der Waals surface area (Å²) >= 11 is 0. The Balaban J connectivity index is 1.53. The normalized spacial score (nSPS) is 23.6. The van der Waals surface area contributed by atoms with E-state index in [4.69, 9.17) is 0 Å². The van der Waals surface area contributed by atoms with Crippen molar-refractivity contribution in [3.05, 3.63) is 78.1 Å². The van der Waals surface area contributed by atoms with Crippen molar-refractivity contribution in [2.24, 2.45) is 11.8 Å². The van der Waals surface area contributed by atoms with Crippen LogP contribution in [0.1, 0.15) is 17.7 Å². The summed E-state index contributed by atoms with van der Waals surface area (Å²) in [7, 11) is 0. The molecule has 0 radical (unpaired) electrons. The Morgan fingerprint density at radius 3 is 2.70 bits per heavy atom. The quantitative estimate of drug-likeness (QED) is 0.556. The van der Waals surface area contributed by atoms with Gasteiger partial charge >= 0.3 is 0 Å². The zero-order valence-electron chi connectivity index (χ0n) is 16.5. The second-order valence-corrected chi connectivity index (χ2v) is 7.72. The van der Waals surface area contributed by atoms with E-state index in [1.54, 1.807) is 30.6 Å². The molecule has 7 heteroatoms. The fourth-order valence-electron chi connectivity index (χ4n) is 4.25. The second-order valence-electron chi connectivity index (χ2n) is 7.72. The zero-order chi connectivity index (χ0) is 20.9. The molecule has 0 bridgehead atoms. The Bertz CT molecular complexity index is 972. The minimum Gasteiger partial charge on any atom is -0.396 e. The van der Waals surface area contributed by atoms with Crippen molar-refractivity contribution in [2.75, 3.05) is 6.61 Å². The molecule has 1 aromatic carbocycles. The van der Waals surface area contributed by atoms with Crippen molar-refractivity contribution in [1.29, 1.82) is 0 Å². The van der Waals surface area contributed by atoms with Crippen LogP contribution in [0, 0.1) is 17.7 Å². The van der Waals surface area contributed by atoms with Gasteiger partial charge in [-0.05, 0) is 48.6 Å². The summed E-state index contributed by atoms with van der Waals surface area (Å²) in [5.74, 6) is -0.284. The number of nitrogens with zero attached hydrogens (tertiary/aromatic N) is 3. The Morgan fingerprint density at radius 1 is 1.07 bits per heavy atom. The molecular formula is C23H25FN4O2. The van der Waals surface area contributed by atoms with E-state index in [1.165, 1.54) is 6.07 Å². The topological polar surface area (TPSA) is 91.2 Å². The summed E-state index contributed by atoms with van der Waals surface area (Å²) < 4.78 is 14.1. The zero-order valence-corrected chi connectivity index (χ0v) is 16.5. The van der Waals surface area contributed by atoms with Crippen molar-refractivity contribution in [3.8, 4) is 11.4 Å². The molecule has 0 aliphatic heterocycles. The molecule has 1 aliphatic rings. The minimum atomic E-state index is -0.584. The van der Waals surface area contributed by atoms with Crippen LogP contribution < -0.4 is 5.32 Å². The molecule has 30 heavy (non-hydrogen) atoms. The number of rotatable bonds is 7. The number of hydrogen-bond donors (Lipinski definition) is 3. The van der Waals surface area contributed by atoms with E-state index in [0.29, 0.717) is 30.8 Å². The van der Waals surface area contributed by atoms with Crippen LogP contribution in [0.5, 0.6) is 0 Å². The monoisotopic (exact) mass is 408 g/mol.